The van der Waals surface area contributed by atoms with Gasteiger partial charge in [0.25, 0.3) is 0 Å². The molecule has 1 aromatic heterocycles. The molecule has 2 unspecified atom stereocenters. The van der Waals surface area contributed by atoms with Crippen LogP contribution < -0.4 is 10.1 Å². The van der Waals surface area contributed by atoms with Crippen molar-refractivity contribution in [1.82, 2.24) is 10.3 Å². The van der Waals surface area contributed by atoms with Gasteiger partial charge in [-0.05, 0) is 43.3 Å². The summed E-state index contributed by atoms with van der Waals surface area (Å²) in [6.07, 6.45) is 2.86. The van der Waals surface area contributed by atoms with Crippen LogP contribution >= 0.6 is 0 Å². The third-order valence-corrected chi connectivity index (χ3v) is 3.66. The fourth-order valence-electron chi connectivity index (χ4n) is 2.54. The number of nitrogens with one attached hydrogen (secondary N) is 1. The van der Waals surface area contributed by atoms with Crippen LogP contribution in [0.2, 0.25) is 0 Å². The molecule has 0 aliphatic rings. The maximum Gasteiger partial charge on any atom is 0.119 e. The summed E-state index contributed by atoms with van der Waals surface area (Å²) in [5, 5.41) is 3.40. The third kappa shape index (κ3) is 4.05. The second kappa shape index (κ2) is 7.79. The summed E-state index contributed by atoms with van der Waals surface area (Å²) in [6.45, 7) is 5.07. The molecule has 0 saturated carbocycles. The van der Waals surface area contributed by atoms with Gasteiger partial charge < -0.3 is 10.1 Å². The van der Waals surface area contributed by atoms with E-state index in [1.807, 2.05) is 31.4 Å². The summed E-state index contributed by atoms with van der Waals surface area (Å²) in [6, 6.07) is 14.6. The van der Waals surface area contributed by atoms with Gasteiger partial charge in [0.15, 0.2) is 0 Å². The normalized spacial score (nSPS) is 13.7. The van der Waals surface area contributed by atoms with Crippen LogP contribution in [0.3, 0.4) is 0 Å². The summed E-state index contributed by atoms with van der Waals surface area (Å²) in [5.41, 5.74) is 2.32. The van der Waals surface area contributed by atoms with E-state index in [9.17, 15) is 0 Å². The van der Waals surface area contributed by atoms with Crippen molar-refractivity contribution in [2.75, 3.05) is 13.7 Å². The van der Waals surface area contributed by atoms with E-state index in [2.05, 4.69) is 48.4 Å². The van der Waals surface area contributed by atoms with Crippen LogP contribution in [0.15, 0.2) is 48.7 Å². The van der Waals surface area contributed by atoms with Crippen molar-refractivity contribution in [3.05, 3.63) is 59.9 Å². The molecule has 0 radical (unpaired) electrons. The van der Waals surface area contributed by atoms with Crippen molar-refractivity contribution < 1.29 is 4.74 Å². The molecule has 21 heavy (non-hydrogen) atoms. The molecule has 0 bridgehead atoms. The van der Waals surface area contributed by atoms with Gasteiger partial charge in [-0.25, -0.2) is 0 Å². The zero-order valence-electron chi connectivity index (χ0n) is 13.0. The molecule has 3 nitrogen and oxygen atoms in total. The fraction of sp³-hybridized carbons (Fsp3) is 0.389. The summed E-state index contributed by atoms with van der Waals surface area (Å²) in [5.74, 6) is 1.22. The van der Waals surface area contributed by atoms with Crippen LogP contribution in [0.1, 0.15) is 43.5 Å². The second-order valence-corrected chi connectivity index (χ2v) is 5.23. The SMILES string of the molecule is CCCOc1cccc(C(NC)C(C)c2ccccn2)c1. The van der Waals surface area contributed by atoms with E-state index >= 15 is 0 Å². The van der Waals surface area contributed by atoms with Crippen LogP contribution in [0, 0.1) is 0 Å². The lowest BCUT2D eigenvalue weighted by Gasteiger charge is -2.24. The summed E-state index contributed by atoms with van der Waals surface area (Å²) >= 11 is 0. The maximum atomic E-state index is 5.73. The molecule has 2 rings (SSSR count). The molecule has 3 heteroatoms. The van der Waals surface area contributed by atoms with E-state index in [4.69, 9.17) is 4.74 Å². The lowest BCUT2D eigenvalue weighted by Crippen LogP contribution is -2.22. The molecule has 0 fully saturated rings. The summed E-state index contributed by atoms with van der Waals surface area (Å²) in [7, 11) is 1.99. The Morgan fingerprint density at radius 1 is 1.19 bits per heavy atom. The monoisotopic (exact) mass is 284 g/mol. The fourth-order valence-corrected chi connectivity index (χ4v) is 2.54. The average Bonchev–Trinajstić information content (AvgIpc) is 2.55. The van der Waals surface area contributed by atoms with Gasteiger partial charge in [-0.15, -0.1) is 0 Å². The minimum Gasteiger partial charge on any atom is -0.494 e. The second-order valence-electron chi connectivity index (χ2n) is 5.23. The topological polar surface area (TPSA) is 34.1 Å². The van der Waals surface area contributed by atoms with Crippen molar-refractivity contribution in [3.63, 3.8) is 0 Å². The number of hydrogen-bond donors (Lipinski definition) is 1. The molecular formula is C18H24N2O. The highest BCUT2D eigenvalue weighted by Crippen LogP contribution is 2.30. The Balaban J connectivity index is 2.20. The molecular weight excluding hydrogens is 260 g/mol. The summed E-state index contributed by atoms with van der Waals surface area (Å²) in [4.78, 5) is 4.47. The van der Waals surface area contributed by atoms with Crippen LogP contribution in [0.4, 0.5) is 0 Å². The average molecular weight is 284 g/mol. The van der Waals surface area contributed by atoms with Crippen molar-refractivity contribution in [2.24, 2.45) is 0 Å². The van der Waals surface area contributed by atoms with Gasteiger partial charge in [0.05, 0.1) is 6.61 Å². The molecule has 1 N–H and O–H groups in total. The quantitative estimate of drug-likeness (QED) is 0.836. The third-order valence-electron chi connectivity index (χ3n) is 3.66. The Kier molecular flexibility index (Phi) is 5.76. The first-order chi connectivity index (χ1) is 10.3. The van der Waals surface area contributed by atoms with E-state index in [0.717, 1.165) is 24.5 Å². The molecule has 0 aliphatic heterocycles. The Bertz CT molecular complexity index is 542. The molecule has 112 valence electrons. The van der Waals surface area contributed by atoms with E-state index < -0.39 is 0 Å². The predicted octanol–water partition coefficient (Wildman–Crippen LogP) is 3.93. The van der Waals surface area contributed by atoms with Crippen molar-refractivity contribution in [2.45, 2.75) is 32.2 Å². The Labute approximate surface area is 127 Å². The molecule has 1 heterocycles. The number of aromatic nitrogens is 1. The van der Waals surface area contributed by atoms with Crippen molar-refractivity contribution in [3.8, 4) is 5.75 Å². The van der Waals surface area contributed by atoms with Gasteiger partial charge in [-0.3, -0.25) is 4.98 Å². The lowest BCUT2D eigenvalue weighted by atomic mass is 9.91. The van der Waals surface area contributed by atoms with Gasteiger partial charge in [-0.2, -0.15) is 0 Å². The maximum absolute atomic E-state index is 5.73. The largest absolute Gasteiger partial charge is 0.494 e. The molecule has 2 atom stereocenters. The predicted molar refractivity (Wildman–Crippen MR) is 86.7 cm³/mol. The summed E-state index contributed by atoms with van der Waals surface area (Å²) < 4.78 is 5.73. The van der Waals surface area contributed by atoms with Crippen molar-refractivity contribution in [1.29, 1.82) is 0 Å². The lowest BCUT2D eigenvalue weighted by molar-refractivity contribution is 0.316. The van der Waals surface area contributed by atoms with Crippen LogP contribution in [-0.4, -0.2) is 18.6 Å². The minimum absolute atomic E-state index is 0.213. The van der Waals surface area contributed by atoms with Crippen LogP contribution in [0.25, 0.3) is 0 Å². The number of likely N-dealkylation sites (N-methyl/N-ethyl adjacent to an activating group) is 1. The van der Waals surface area contributed by atoms with Crippen LogP contribution in [0.5, 0.6) is 5.75 Å². The van der Waals surface area contributed by atoms with E-state index in [0.29, 0.717) is 0 Å². The smallest absolute Gasteiger partial charge is 0.119 e. The molecule has 2 aromatic rings. The molecule has 0 spiro atoms. The molecule has 0 amide bonds. The van der Waals surface area contributed by atoms with Gasteiger partial charge >= 0.3 is 0 Å². The van der Waals surface area contributed by atoms with E-state index in [1.165, 1.54) is 5.56 Å². The van der Waals surface area contributed by atoms with Gasteiger partial charge in [-0.1, -0.05) is 32.0 Å². The zero-order chi connectivity index (χ0) is 15.1. The Morgan fingerprint density at radius 3 is 2.71 bits per heavy atom. The highest BCUT2D eigenvalue weighted by Gasteiger charge is 2.20. The van der Waals surface area contributed by atoms with Gasteiger partial charge in [0.2, 0.25) is 0 Å². The Hall–Kier alpha value is -1.87. The van der Waals surface area contributed by atoms with Crippen LogP contribution in [-0.2, 0) is 0 Å². The Morgan fingerprint density at radius 2 is 2.05 bits per heavy atom. The number of rotatable bonds is 7. The first kappa shape index (κ1) is 15.5. The number of pyridine rings is 1. The molecule has 0 saturated heterocycles. The number of ether oxygens (including phenoxy) is 1. The first-order valence-electron chi connectivity index (χ1n) is 7.57. The van der Waals surface area contributed by atoms with E-state index in [1.54, 1.807) is 0 Å². The number of nitrogens with zero attached hydrogens (tertiary/aromatic N) is 1. The van der Waals surface area contributed by atoms with Crippen molar-refractivity contribution >= 4 is 0 Å². The molecule has 1 aromatic carbocycles. The number of benzene rings is 1. The zero-order valence-corrected chi connectivity index (χ0v) is 13.0. The standard InChI is InChI=1S/C18H24N2O/c1-4-12-21-16-9-7-8-15(13-16)18(19-3)14(2)17-10-5-6-11-20-17/h5-11,13-14,18-19H,4,12H2,1-3H3. The molecule has 0 aliphatic carbocycles. The number of hydrogen-bond acceptors (Lipinski definition) is 3. The minimum atomic E-state index is 0.213. The highest BCUT2D eigenvalue weighted by molar-refractivity contribution is 5.32. The van der Waals surface area contributed by atoms with Gasteiger partial charge in [0, 0.05) is 23.9 Å². The highest BCUT2D eigenvalue weighted by atomic mass is 16.5. The van der Waals surface area contributed by atoms with E-state index in [-0.39, 0.29) is 12.0 Å². The van der Waals surface area contributed by atoms with Gasteiger partial charge in [0.1, 0.15) is 5.75 Å². The first-order valence-corrected chi connectivity index (χ1v) is 7.57.